The van der Waals surface area contributed by atoms with E-state index in [0.717, 1.165) is 35.3 Å². The lowest BCUT2D eigenvalue weighted by Gasteiger charge is -2.33. The van der Waals surface area contributed by atoms with Crippen LogP contribution in [-0.4, -0.2) is 30.1 Å². The van der Waals surface area contributed by atoms with E-state index in [1.54, 1.807) is 11.0 Å². The van der Waals surface area contributed by atoms with E-state index >= 15 is 0 Å². The Morgan fingerprint density at radius 2 is 1.73 bits per heavy atom. The van der Waals surface area contributed by atoms with E-state index in [1.807, 2.05) is 39.0 Å². The van der Waals surface area contributed by atoms with Gasteiger partial charge in [-0.2, -0.15) is 0 Å². The smallest absolute Gasteiger partial charge is 0.321 e. The number of nitrogens with zero attached hydrogens (tertiary/aromatic N) is 1. The summed E-state index contributed by atoms with van der Waals surface area (Å²) in [6.45, 7) is 7.18. The fourth-order valence-electron chi connectivity index (χ4n) is 3.25. The summed E-state index contributed by atoms with van der Waals surface area (Å²) in [5.74, 6) is 0.595. The van der Waals surface area contributed by atoms with E-state index in [4.69, 9.17) is 4.74 Å². The van der Waals surface area contributed by atoms with Gasteiger partial charge in [-0.15, -0.1) is 0 Å². The summed E-state index contributed by atoms with van der Waals surface area (Å²) in [7, 11) is 0. The van der Waals surface area contributed by atoms with Crippen molar-refractivity contribution in [1.82, 2.24) is 4.90 Å². The number of amides is 2. The number of likely N-dealkylation sites (tertiary alicyclic amines) is 1. The minimum Gasteiger partial charge on any atom is -0.490 e. The molecule has 2 aromatic rings. The third-order valence-electron chi connectivity index (χ3n) is 4.86. The van der Waals surface area contributed by atoms with Crippen LogP contribution < -0.4 is 10.1 Å². The highest BCUT2D eigenvalue weighted by molar-refractivity contribution is 5.90. The number of anilines is 1. The van der Waals surface area contributed by atoms with Gasteiger partial charge in [0.15, 0.2) is 0 Å². The molecule has 26 heavy (non-hydrogen) atoms. The molecule has 1 N–H and O–H groups in total. The van der Waals surface area contributed by atoms with Gasteiger partial charge < -0.3 is 15.0 Å². The first-order valence-electron chi connectivity index (χ1n) is 8.99. The van der Waals surface area contributed by atoms with Gasteiger partial charge in [-0.1, -0.05) is 24.3 Å². The normalized spacial score (nSPS) is 15.0. The molecule has 1 aliphatic heterocycles. The number of ether oxygens (including phenoxy) is 1. The van der Waals surface area contributed by atoms with Crippen LogP contribution in [0.5, 0.6) is 5.75 Å². The largest absolute Gasteiger partial charge is 0.490 e. The van der Waals surface area contributed by atoms with E-state index in [-0.39, 0.29) is 18.0 Å². The lowest BCUT2D eigenvalue weighted by molar-refractivity contribution is 0.114. The van der Waals surface area contributed by atoms with Gasteiger partial charge in [0.05, 0.1) is 0 Å². The van der Waals surface area contributed by atoms with Crippen molar-refractivity contribution in [3.63, 3.8) is 0 Å². The highest BCUT2D eigenvalue weighted by Gasteiger charge is 2.25. The Morgan fingerprint density at radius 3 is 2.38 bits per heavy atom. The van der Waals surface area contributed by atoms with Crippen molar-refractivity contribution < 1.29 is 13.9 Å². The molecule has 0 aliphatic carbocycles. The van der Waals surface area contributed by atoms with Crippen molar-refractivity contribution >= 4 is 11.7 Å². The molecule has 0 spiro atoms. The number of carbonyl (C=O) groups is 1. The second-order valence-corrected chi connectivity index (χ2v) is 6.91. The Kier molecular flexibility index (Phi) is 5.45. The number of nitrogens with one attached hydrogen (secondary N) is 1. The predicted molar refractivity (Wildman–Crippen MR) is 101 cm³/mol. The van der Waals surface area contributed by atoms with Gasteiger partial charge >= 0.3 is 6.03 Å². The summed E-state index contributed by atoms with van der Waals surface area (Å²) in [5.41, 5.74) is 3.62. The highest BCUT2D eigenvalue weighted by Crippen LogP contribution is 2.26. The number of halogens is 1. The van der Waals surface area contributed by atoms with Crippen LogP contribution in [0.25, 0.3) is 0 Å². The SMILES string of the molecule is Cc1ccc(F)cc1NC(=O)N1CCC(Oc2c(C)cccc2C)CC1. The van der Waals surface area contributed by atoms with E-state index < -0.39 is 0 Å². The maximum Gasteiger partial charge on any atom is 0.321 e. The summed E-state index contributed by atoms with van der Waals surface area (Å²) in [4.78, 5) is 14.2. The zero-order valence-electron chi connectivity index (χ0n) is 15.5. The highest BCUT2D eigenvalue weighted by atomic mass is 19.1. The van der Waals surface area contributed by atoms with E-state index in [1.165, 1.54) is 12.1 Å². The Bertz CT molecular complexity index is 778. The second kappa shape index (κ2) is 7.77. The van der Waals surface area contributed by atoms with Crippen LogP contribution in [0.15, 0.2) is 36.4 Å². The Labute approximate surface area is 154 Å². The molecular weight excluding hydrogens is 331 g/mol. The molecule has 1 heterocycles. The van der Waals surface area contributed by atoms with Crippen LogP contribution in [0.1, 0.15) is 29.5 Å². The van der Waals surface area contributed by atoms with Gasteiger partial charge in [0.2, 0.25) is 0 Å². The van der Waals surface area contributed by atoms with Gasteiger partial charge in [0.1, 0.15) is 17.7 Å². The topological polar surface area (TPSA) is 41.6 Å². The Balaban J connectivity index is 1.56. The predicted octanol–water partition coefficient (Wildman–Crippen LogP) is 4.83. The van der Waals surface area contributed by atoms with Crippen molar-refractivity contribution in [2.75, 3.05) is 18.4 Å². The molecule has 0 aromatic heterocycles. The number of carbonyl (C=O) groups excluding carboxylic acids is 1. The number of hydrogen-bond donors (Lipinski definition) is 1. The first kappa shape index (κ1) is 18.2. The van der Waals surface area contributed by atoms with Gasteiger partial charge in [0.25, 0.3) is 0 Å². The average Bonchev–Trinajstić information content (AvgIpc) is 2.62. The van der Waals surface area contributed by atoms with Crippen molar-refractivity contribution in [2.24, 2.45) is 0 Å². The molecule has 0 saturated carbocycles. The van der Waals surface area contributed by atoms with Gasteiger partial charge in [-0.05, 0) is 49.6 Å². The van der Waals surface area contributed by atoms with Crippen molar-refractivity contribution in [1.29, 1.82) is 0 Å². The van der Waals surface area contributed by atoms with E-state index in [9.17, 15) is 9.18 Å². The molecular formula is C21H25FN2O2. The van der Waals surface area contributed by atoms with Crippen LogP contribution in [0.4, 0.5) is 14.9 Å². The zero-order chi connectivity index (χ0) is 18.7. The molecule has 0 unspecified atom stereocenters. The fraction of sp³-hybridized carbons (Fsp3) is 0.381. The molecule has 5 heteroatoms. The van der Waals surface area contributed by atoms with Crippen LogP contribution in [0.3, 0.4) is 0 Å². The zero-order valence-corrected chi connectivity index (χ0v) is 15.5. The molecule has 1 aliphatic rings. The number of benzene rings is 2. The van der Waals surface area contributed by atoms with Gasteiger partial charge in [0, 0.05) is 31.6 Å². The fourth-order valence-corrected chi connectivity index (χ4v) is 3.25. The molecule has 138 valence electrons. The quantitative estimate of drug-likeness (QED) is 0.856. The first-order chi connectivity index (χ1) is 12.4. The van der Waals surface area contributed by atoms with Gasteiger partial charge in [-0.25, -0.2) is 9.18 Å². The summed E-state index contributed by atoms with van der Waals surface area (Å²) in [6.07, 6.45) is 1.67. The number of hydrogen-bond acceptors (Lipinski definition) is 2. The van der Waals surface area contributed by atoms with Crippen molar-refractivity contribution in [2.45, 2.75) is 39.7 Å². The lowest BCUT2D eigenvalue weighted by Crippen LogP contribution is -2.43. The molecule has 3 rings (SSSR count). The molecule has 2 amide bonds. The molecule has 2 aromatic carbocycles. The minimum atomic E-state index is -0.355. The van der Waals surface area contributed by atoms with E-state index in [2.05, 4.69) is 5.32 Å². The minimum absolute atomic E-state index is 0.106. The Hall–Kier alpha value is -2.56. The summed E-state index contributed by atoms with van der Waals surface area (Å²) in [6, 6.07) is 10.3. The molecule has 4 nitrogen and oxygen atoms in total. The van der Waals surface area contributed by atoms with Crippen molar-refractivity contribution in [3.8, 4) is 5.75 Å². The van der Waals surface area contributed by atoms with Crippen LogP contribution >= 0.6 is 0 Å². The third-order valence-corrected chi connectivity index (χ3v) is 4.86. The standard InChI is InChI=1S/C21H25FN2O2/c1-14-7-8-17(22)13-19(14)23-21(25)24-11-9-18(10-12-24)26-20-15(2)5-4-6-16(20)3/h4-8,13,18H,9-12H2,1-3H3,(H,23,25). The van der Waals surface area contributed by atoms with Crippen LogP contribution in [-0.2, 0) is 0 Å². The third kappa shape index (κ3) is 4.15. The average molecular weight is 356 g/mol. The van der Waals surface area contributed by atoms with Crippen molar-refractivity contribution in [3.05, 3.63) is 58.9 Å². The summed E-state index contributed by atoms with van der Waals surface area (Å²) < 4.78 is 19.6. The maximum atomic E-state index is 13.4. The number of para-hydroxylation sites is 1. The van der Waals surface area contributed by atoms with Crippen LogP contribution in [0, 0.1) is 26.6 Å². The number of urea groups is 1. The molecule has 1 saturated heterocycles. The summed E-state index contributed by atoms with van der Waals surface area (Å²) >= 11 is 0. The molecule has 0 bridgehead atoms. The number of aryl methyl sites for hydroxylation is 3. The summed E-state index contributed by atoms with van der Waals surface area (Å²) in [5, 5.41) is 2.81. The Morgan fingerprint density at radius 1 is 1.08 bits per heavy atom. The van der Waals surface area contributed by atoms with E-state index in [0.29, 0.717) is 18.8 Å². The maximum absolute atomic E-state index is 13.4. The van der Waals surface area contributed by atoms with Gasteiger partial charge in [-0.3, -0.25) is 0 Å². The molecule has 0 radical (unpaired) electrons. The molecule has 0 atom stereocenters. The first-order valence-corrected chi connectivity index (χ1v) is 8.99. The van der Waals surface area contributed by atoms with Crippen LogP contribution in [0.2, 0.25) is 0 Å². The lowest BCUT2D eigenvalue weighted by atomic mass is 10.1. The monoisotopic (exact) mass is 356 g/mol. The number of piperidine rings is 1. The number of rotatable bonds is 3. The second-order valence-electron chi connectivity index (χ2n) is 6.91. The molecule has 1 fully saturated rings.